The minimum atomic E-state index is 0.0612. The number of ether oxygens (including phenoxy) is 1. The van der Waals surface area contributed by atoms with Crippen LogP contribution in [0.4, 0.5) is 0 Å². The molecule has 4 rings (SSSR count). The van der Waals surface area contributed by atoms with Crippen molar-refractivity contribution in [3.63, 3.8) is 0 Å². The Morgan fingerprint density at radius 2 is 2.00 bits per heavy atom. The molecule has 0 spiro atoms. The maximum absolute atomic E-state index is 13.1. The van der Waals surface area contributed by atoms with E-state index >= 15 is 0 Å². The van der Waals surface area contributed by atoms with Gasteiger partial charge in [-0.1, -0.05) is 12.1 Å². The molecule has 6 heteroatoms. The lowest BCUT2D eigenvalue weighted by atomic mass is 9.97. The Balaban J connectivity index is 1.38. The van der Waals surface area contributed by atoms with Gasteiger partial charge in [-0.2, -0.15) is 0 Å². The van der Waals surface area contributed by atoms with Crippen LogP contribution in [-0.4, -0.2) is 44.9 Å². The van der Waals surface area contributed by atoms with Gasteiger partial charge in [-0.25, -0.2) is 9.97 Å². The van der Waals surface area contributed by atoms with Crippen molar-refractivity contribution >= 4 is 11.6 Å². The van der Waals surface area contributed by atoms with Crippen molar-refractivity contribution in [2.45, 2.75) is 26.7 Å². The van der Waals surface area contributed by atoms with Gasteiger partial charge in [0.2, 0.25) is 5.88 Å². The summed E-state index contributed by atoms with van der Waals surface area (Å²) in [5.74, 6) is 1.21. The number of piperidine rings is 1. The van der Waals surface area contributed by atoms with E-state index in [-0.39, 0.29) is 5.91 Å². The Morgan fingerprint density at radius 3 is 2.78 bits per heavy atom. The number of imidazole rings is 1. The molecule has 1 aliphatic rings. The Hall–Kier alpha value is -2.89. The van der Waals surface area contributed by atoms with Crippen LogP contribution in [0.3, 0.4) is 0 Å². The lowest BCUT2D eigenvalue weighted by molar-refractivity contribution is 0.0651. The van der Waals surface area contributed by atoms with E-state index in [0.717, 1.165) is 42.8 Å². The number of carbonyl (C=O) groups excluding carboxylic acids is 1. The van der Waals surface area contributed by atoms with E-state index in [2.05, 4.69) is 9.97 Å². The smallest absolute Gasteiger partial charge is 0.272 e. The second-order valence-electron chi connectivity index (χ2n) is 7.15. The fourth-order valence-electron chi connectivity index (χ4n) is 3.64. The Morgan fingerprint density at radius 1 is 1.19 bits per heavy atom. The van der Waals surface area contributed by atoms with E-state index in [1.54, 1.807) is 6.20 Å². The van der Waals surface area contributed by atoms with Gasteiger partial charge in [-0.15, -0.1) is 0 Å². The number of likely N-dealkylation sites (tertiary alicyclic amines) is 1. The first-order valence-electron chi connectivity index (χ1n) is 9.41. The van der Waals surface area contributed by atoms with Gasteiger partial charge < -0.3 is 9.64 Å². The largest absolute Gasteiger partial charge is 0.477 e. The first-order valence-corrected chi connectivity index (χ1v) is 9.41. The standard InChI is InChI=1S/C21H24N4O2/c1-15-6-5-10-22-20(15)27-14-17-8-12-24(13-9-17)21(26)19-16(2)23-18-7-3-4-11-25(18)19/h3-7,10-11,17H,8-9,12-14H2,1-2H3. The van der Waals surface area contributed by atoms with Gasteiger partial charge in [-0.05, 0) is 50.8 Å². The maximum Gasteiger partial charge on any atom is 0.272 e. The molecule has 0 unspecified atom stereocenters. The van der Waals surface area contributed by atoms with Crippen LogP contribution in [0.15, 0.2) is 42.7 Å². The van der Waals surface area contributed by atoms with E-state index in [4.69, 9.17) is 4.74 Å². The van der Waals surface area contributed by atoms with Gasteiger partial charge in [0.1, 0.15) is 11.3 Å². The van der Waals surface area contributed by atoms with Crippen molar-refractivity contribution in [2.24, 2.45) is 5.92 Å². The number of nitrogens with zero attached hydrogens (tertiary/aromatic N) is 4. The Bertz CT molecular complexity index is 958. The molecule has 140 valence electrons. The minimum absolute atomic E-state index is 0.0612. The summed E-state index contributed by atoms with van der Waals surface area (Å²) in [6, 6.07) is 9.70. The molecule has 3 aromatic rings. The number of rotatable bonds is 4. The molecule has 1 saturated heterocycles. The predicted octanol–water partition coefficient (Wildman–Crippen LogP) is 3.28. The Kier molecular flexibility index (Phi) is 4.79. The van der Waals surface area contributed by atoms with Gasteiger partial charge >= 0.3 is 0 Å². The zero-order valence-corrected chi connectivity index (χ0v) is 15.8. The summed E-state index contributed by atoms with van der Waals surface area (Å²) < 4.78 is 7.78. The SMILES string of the molecule is Cc1cccnc1OCC1CCN(C(=O)c2c(C)nc3ccccn23)CC1. The highest BCUT2D eigenvalue weighted by Gasteiger charge is 2.27. The summed E-state index contributed by atoms with van der Waals surface area (Å²) in [4.78, 5) is 23.8. The molecule has 0 N–H and O–H groups in total. The van der Waals surface area contributed by atoms with Crippen LogP contribution < -0.4 is 4.74 Å². The molecule has 0 saturated carbocycles. The van der Waals surface area contributed by atoms with Gasteiger partial charge in [0.05, 0.1) is 12.3 Å². The topological polar surface area (TPSA) is 59.7 Å². The minimum Gasteiger partial charge on any atom is -0.477 e. The first kappa shape index (κ1) is 17.5. The second-order valence-corrected chi connectivity index (χ2v) is 7.15. The highest BCUT2D eigenvalue weighted by atomic mass is 16.5. The molecular formula is C21H24N4O2. The number of amides is 1. The molecule has 0 radical (unpaired) electrons. The third-order valence-electron chi connectivity index (χ3n) is 5.23. The molecule has 1 fully saturated rings. The molecule has 1 amide bonds. The van der Waals surface area contributed by atoms with Gasteiger partial charge in [0.15, 0.2) is 0 Å². The molecule has 0 atom stereocenters. The predicted molar refractivity (Wildman–Crippen MR) is 103 cm³/mol. The van der Waals surface area contributed by atoms with E-state index in [0.29, 0.717) is 24.1 Å². The third-order valence-corrected chi connectivity index (χ3v) is 5.23. The lowest BCUT2D eigenvalue weighted by Crippen LogP contribution is -2.40. The average Bonchev–Trinajstić information content (AvgIpc) is 3.03. The van der Waals surface area contributed by atoms with Crippen molar-refractivity contribution in [2.75, 3.05) is 19.7 Å². The molecule has 0 bridgehead atoms. The normalized spacial score (nSPS) is 15.3. The third kappa shape index (κ3) is 3.52. The number of hydrogen-bond donors (Lipinski definition) is 0. The van der Waals surface area contributed by atoms with Crippen LogP contribution in [0, 0.1) is 19.8 Å². The number of aryl methyl sites for hydroxylation is 2. The lowest BCUT2D eigenvalue weighted by Gasteiger charge is -2.31. The van der Waals surface area contributed by atoms with Crippen LogP contribution in [0.1, 0.15) is 34.6 Å². The van der Waals surface area contributed by atoms with Crippen molar-refractivity contribution in [3.05, 3.63) is 59.7 Å². The van der Waals surface area contributed by atoms with E-state index in [1.807, 2.05) is 59.7 Å². The molecule has 1 aliphatic heterocycles. The summed E-state index contributed by atoms with van der Waals surface area (Å²) in [5.41, 5.74) is 3.31. The van der Waals surface area contributed by atoms with Crippen LogP contribution in [-0.2, 0) is 0 Å². The van der Waals surface area contributed by atoms with Crippen molar-refractivity contribution in [1.82, 2.24) is 19.3 Å². The van der Waals surface area contributed by atoms with Crippen LogP contribution in [0.2, 0.25) is 0 Å². The quantitative estimate of drug-likeness (QED) is 0.713. The molecule has 27 heavy (non-hydrogen) atoms. The molecule has 4 heterocycles. The average molecular weight is 364 g/mol. The van der Waals surface area contributed by atoms with Crippen LogP contribution in [0.5, 0.6) is 5.88 Å². The second kappa shape index (κ2) is 7.39. The summed E-state index contributed by atoms with van der Waals surface area (Å²) in [6.45, 7) is 6.04. The summed E-state index contributed by atoms with van der Waals surface area (Å²) >= 11 is 0. The molecular weight excluding hydrogens is 340 g/mol. The summed E-state index contributed by atoms with van der Waals surface area (Å²) in [6.07, 6.45) is 5.53. The van der Waals surface area contributed by atoms with Crippen LogP contribution in [0.25, 0.3) is 5.65 Å². The number of fused-ring (bicyclic) bond motifs is 1. The molecule has 0 aliphatic carbocycles. The van der Waals surface area contributed by atoms with Gasteiger partial charge in [-0.3, -0.25) is 9.20 Å². The van der Waals surface area contributed by atoms with Crippen molar-refractivity contribution in [3.8, 4) is 5.88 Å². The zero-order valence-electron chi connectivity index (χ0n) is 15.8. The fraction of sp³-hybridized carbons (Fsp3) is 0.381. The number of aromatic nitrogens is 3. The molecule has 0 aromatic carbocycles. The van der Waals surface area contributed by atoms with E-state index < -0.39 is 0 Å². The maximum atomic E-state index is 13.1. The first-order chi connectivity index (χ1) is 13.1. The number of hydrogen-bond acceptors (Lipinski definition) is 4. The monoisotopic (exact) mass is 364 g/mol. The summed E-state index contributed by atoms with van der Waals surface area (Å²) in [7, 11) is 0. The number of pyridine rings is 2. The zero-order chi connectivity index (χ0) is 18.8. The van der Waals surface area contributed by atoms with Gasteiger partial charge in [0, 0.05) is 31.0 Å². The highest BCUT2D eigenvalue weighted by molar-refractivity contribution is 5.94. The highest BCUT2D eigenvalue weighted by Crippen LogP contribution is 2.22. The van der Waals surface area contributed by atoms with Crippen molar-refractivity contribution < 1.29 is 9.53 Å². The fourth-order valence-corrected chi connectivity index (χ4v) is 3.64. The van der Waals surface area contributed by atoms with Gasteiger partial charge in [0.25, 0.3) is 5.91 Å². The van der Waals surface area contributed by atoms with Crippen molar-refractivity contribution in [1.29, 1.82) is 0 Å². The Labute approximate surface area is 158 Å². The summed E-state index contributed by atoms with van der Waals surface area (Å²) in [5, 5.41) is 0. The van der Waals surface area contributed by atoms with E-state index in [1.165, 1.54) is 0 Å². The van der Waals surface area contributed by atoms with E-state index in [9.17, 15) is 4.79 Å². The number of carbonyl (C=O) groups is 1. The molecule has 3 aromatic heterocycles. The molecule has 6 nitrogen and oxygen atoms in total. The van der Waals surface area contributed by atoms with Crippen LogP contribution >= 0.6 is 0 Å².